The number of nitrogens with one attached hydrogen (secondary N) is 2. The van der Waals surface area contributed by atoms with Gasteiger partial charge in [0.25, 0.3) is 0 Å². The van der Waals surface area contributed by atoms with Crippen molar-refractivity contribution in [2.45, 2.75) is 174 Å². The van der Waals surface area contributed by atoms with Crippen LogP contribution in [0.2, 0.25) is 0 Å². The second kappa shape index (κ2) is 20.2. The van der Waals surface area contributed by atoms with Gasteiger partial charge in [-0.15, -0.1) is 0 Å². The number of carbonyl (C=O) groups is 3. The summed E-state index contributed by atoms with van der Waals surface area (Å²) in [5.41, 5.74) is -0.473. The van der Waals surface area contributed by atoms with Gasteiger partial charge in [0.15, 0.2) is 5.79 Å². The molecule has 1 saturated heterocycles. The van der Waals surface area contributed by atoms with Crippen molar-refractivity contribution in [1.29, 1.82) is 0 Å². The van der Waals surface area contributed by atoms with Gasteiger partial charge in [0.05, 0.1) is 19.1 Å². The maximum absolute atomic E-state index is 12.8. The van der Waals surface area contributed by atoms with Crippen molar-refractivity contribution in [2.24, 2.45) is 5.41 Å². The molecule has 1 saturated carbocycles. The topological polar surface area (TPSA) is 103 Å². The first kappa shape index (κ1) is 37.3. The molecular weight excluding hydrogens is 544 g/mol. The van der Waals surface area contributed by atoms with E-state index in [9.17, 15) is 14.4 Å². The number of allylic oxidation sites excluding steroid dienone is 2. The lowest BCUT2D eigenvalue weighted by molar-refractivity contribution is -0.304. The Bertz CT molecular complexity index is 855. The van der Waals surface area contributed by atoms with Crippen LogP contribution < -0.4 is 10.6 Å². The predicted molar refractivity (Wildman–Crippen MR) is 171 cm³/mol. The summed E-state index contributed by atoms with van der Waals surface area (Å²) in [5.74, 6) is -1.41. The molecule has 2 aliphatic rings. The maximum Gasteiger partial charge on any atom is 0.307 e. The zero-order valence-corrected chi connectivity index (χ0v) is 28.0. The van der Waals surface area contributed by atoms with Crippen LogP contribution in [0.1, 0.15) is 150 Å². The number of amides is 2. The third-order valence-corrected chi connectivity index (χ3v) is 8.52. The highest BCUT2D eigenvalue weighted by atomic mass is 16.7. The maximum atomic E-state index is 12.8. The fourth-order valence-electron chi connectivity index (χ4n) is 5.80. The Kier molecular flexibility index (Phi) is 17.5. The number of esters is 1. The summed E-state index contributed by atoms with van der Waals surface area (Å²) in [6, 6.07) is -0.132. The van der Waals surface area contributed by atoms with Gasteiger partial charge in [-0.25, -0.2) is 0 Å². The number of ether oxygens (including phenoxy) is 3. The zero-order valence-electron chi connectivity index (χ0n) is 28.0. The highest BCUT2D eigenvalue weighted by molar-refractivity contribution is 5.82. The van der Waals surface area contributed by atoms with Gasteiger partial charge in [0, 0.05) is 18.4 Å². The fraction of sp³-hybridized carbons (Fsp3) is 0.857. The third-order valence-electron chi connectivity index (χ3n) is 8.52. The Morgan fingerprint density at radius 1 is 0.837 bits per heavy atom. The smallest absolute Gasteiger partial charge is 0.307 e. The van der Waals surface area contributed by atoms with Crippen molar-refractivity contribution in [1.82, 2.24) is 10.6 Å². The molecule has 0 bridgehead atoms. The van der Waals surface area contributed by atoms with Crippen LogP contribution in [-0.4, -0.2) is 55.0 Å². The van der Waals surface area contributed by atoms with E-state index in [4.69, 9.17) is 14.2 Å². The van der Waals surface area contributed by atoms with Crippen molar-refractivity contribution in [3.05, 3.63) is 12.2 Å². The van der Waals surface area contributed by atoms with Crippen molar-refractivity contribution in [3.8, 4) is 0 Å². The molecule has 0 aromatic heterocycles. The van der Waals surface area contributed by atoms with Crippen LogP contribution in [0.3, 0.4) is 0 Å². The average molecular weight is 607 g/mol. The van der Waals surface area contributed by atoms with Crippen LogP contribution in [0.5, 0.6) is 0 Å². The molecule has 2 N–H and O–H groups in total. The summed E-state index contributed by atoms with van der Waals surface area (Å²) in [7, 11) is 0. The summed E-state index contributed by atoms with van der Waals surface area (Å²) in [6.07, 6.45) is 22.8. The van der Waals surface area contributed by atoms with Crippen molar-refractivity contribution in [3.63, 3.8) is 0 Å². The Labute approximate surface area is 261 Å². The first-order valence-corrected chi connectivity index (χ1v) is 17.3. The number of unbranched alkanes of at least 4 members (excludes halogenated alkanes) is 11. The quantitative estimate of drug-likeness (QED) is 0.0808. The first-order chi connectivity index (χ1) is 20.5. The molecule has 2 fully saturated rings. The van der Waals surface area contributed by atoms with Gasteiger partial charge >= 0.3 is 5.97 Å². The third kappa shape index (κ3) is 15.6. The fourth-order valence-corrected chi connectivity index (χ4v) is 5.80. The average Bonchev–Trinajstić information content (AvgIpc) is 3.38. The van der Waals surface area contributed by atoms with Crippen LogP contribution in [-0.2, 0) is 28.6 Å². The Hall–Kier alpha value is -1.93. The van der Waals surface area contributed by atoms with Crippen molar-refractivity contribution >= 4 is 17.8 Å². The molecule has 0 aromatic carbocycles. The Morgan fingerprint density at radius 2 is 1.47 bits per heavy atom. The number of hydrogen-bond donors (Lipinski definition) is 2. The summed E-state index contributed by atoms with van der Waals surface area (Å²) < 4.78 is 17.2. The minimum absolute atomic E-state index is 0.0415. The number of carbonyl (C=O) groups excluding carboxylic acids is 3. The monoisotopic (exact) mass is 606 g/mol. The molecule has 1 aliphatic heterocycles. The van der Waals surface area contributed by atoms with Crippen LogP contribution in [0.15, 0.2) is 12.2 Å². The summed E-state index contributed by atoms with van der Waals surface area (Å²) >= 11 is 0. The van der Waals surface area contributed by atoms with E-state index in [1.807, 2.05) is 13.8 Å². The van der Waals surface area contributed by atoms with E-state index in [-0.39, 0.29) is 42.9 Å². The molecule has 2 rings (SSSR count). The molecule has 0 aromatic rings. The largest absolute Gasteiger partial charge is 0.460 e. The van der Waals surface area contributed by atoms with Crippen LogP contribution in [0.4, 0.5) is 0 Å². The molecule has 43 heavy (non-hydrogen) atoms. The van der Waals surface area contributed by atoms with E-state index in [0.29, 0.717) is 13.0 Å². The van der Waals surface area contributed by atoms with Crippen LogP contribution in [0, 0.1) is 5.41 Å². The SMILES string of the molecule is CCCCCCCCC=CCCCCCCCC(=O)NC1CCCC1OC(=O)CCNC(=O)C1OC(C)(C)OCC1(C)C. The van der Waals surface area contributed by atoms with Crippen LogP contribution in [0.25, 0.3) is 0 Å². The van der Waals surface area contributed by atoms with E-state index >= 15 is 0 Å². The molecule has 1 heterocycles. The van der Waals surface area contributed by atoms with Crippen molar-refractivity contribution < 1.29 is 28.6 Å². The number of hydrogen-bond acceptors (Lipinski definition) is 6. The van der Waals surface area contributed by atoms with Gasteiger partial charge < -0.3 is 24.8 Å². The number of rotatable bonds is 21. The Morgan fingerprint density at radius 3 is 2.14 bits per heavy atom. The normalized spacial score (nSPS) is 22.9. The molecule has 3 atom stereocenters. The molecular formula is C35H62N2O6. The second-order valence-corrected chi connectivity index (χ2v) is 13.7. The summed E-state index contributed by atoms with van der Waals surface area (Å²) in [6.45, 7) is 10.3. The van der Waals surface area contributed by atoms with Gasteiger partial charge in [-0.3, -0.25) is 14.4 Å². The lowest BCUT2D eigenvalue weighted by atomic mass is 9.85. The highest BCUT2D eigenvalue weighted by Gasteiger charge is 2.45. The van der Waals surface area contributed by atoms with E-state index in [2.05, 4.69) is 29.7 Å². The minimum Gasteiger partial charge on any atom is -0.460 e. The lowest BCUT2D eigenvalue weighted by Crippen LogP contribution is -2.56. The van der Waals surface area contributed by atoms with Crippen LogP contribution >= 0.6 is 0 Å². The van der Waals surface area contributed by atoms with Gasteiger partial charge in [0.1, 0.15) is 12.2 Å². The molecule has 8 nitrogen and oxygen atoms in total. The standard InChI is InChI=1S/C35H62N2O6/c1-6-7-8-9-10-11-12-13-14-15-16-17-18-19-20-24-30(38)37-28-22-21-23-29(28)42-31(39)25-26-36-33(40)32-34(2,3)27-41-35(4,5)43-32/h13-14,28-29,32H,6-12,15-27H2,1-5H3,(H,36,40)(H,37,38). The van der Waals surface area contributed by atoms with Gasteiger partial charge in [-0.2, -0.15) is 0 Å². The van der Waals surface area contributed by atoms with E-state index in [1.165, 1.54) is 57.8 Å². The molecule has 8 heteroatoms. The van der Waals surface area contributed by atoms with E-state index < -0.39 is 17.3 Å². The van der Waals surface area contributed by atoms with E-state index in [0.717, 1.165) is 44.9 Å². The molecule has 248 valence electrons. The molecule has 0 spiro atoms. The first-order valence-electron chi connectivity index (χ1n) is 17.3. The molecule has 2 amide bonds. The zero-order chi connectivity index (χ0) is 31.6. The van der Waals surface area contributed by atoms with Gasteiger partial charge in [-0.1, -0.05) is 84.3 Å². The molecule has 3 unspecified atom stereocenters. The molecule has 1 aliphatic carbocycles. The summed E-state index contributed by atoms with van der Waals surface area (Å²) in [5, 5.41) is 5.91. The van der Waals surface area contributed by atoms with E-state index in [1.54, 1.807) is 13.8 Å². The minimum atomic E-state index is -0.831. The van der Waals surface area contributed by atoms with Gasteiger partial charge in [0.2, 0.25) is 11.8 Å². The second-order valence-electron chi connectivity index (χ2n) is 13.7. The predicted octanol–water partition coefficient (Wildman–Crippen LogP) is 7.29. The van der Waals surface area contributed by atoms with Crippen molar-refractivity contribution in [2.75, 3.05) is 13.2 Å². The summed E-state index contributed by atoms with van der Waals surface area (Å²) in [4.78, 5) is 37.8. The van der Waals surface area contributed by atoms with Gasteiger partial charge in [-0.05, 0) is 65.2 Å². The Balaban J connectivity index is 1.51. The molecule has 0 radical (unpaired) electrons. The highest BCUT2D eigenvalue weighted by Crippen LogP contribution is 2.34. The lowest BCUT2D eigenvalue weighted by Gasteiger charge is -2.44.